The number of aromatic nitrogens is 2. The van der Waals surface area contributed by atoms with E-state index >= 15 is 0 Å². The van der Waals surface area contributed by atoms with E-state index in [1.54, 1.807) is 19.2 Å². The van der Waals surface area contributed by atoms with Gasteiger partial charge in [0.2, 0.25) is 0 Å². The molecule has 6 heteroatoms. The minimum absolute atomic E-state index is 0.0594. The molecule has 0 saturated carbocycles. The van der Waals surface area contributed by atoms with Crippen molar-refractivity contribution in [3.05, 3.63) is 51.1 Å². The Bertz CT molecular complexity index is 916. The number of carbonyl (C=O) groups excluding carboxylic acids is 1. The van der Waals surface area contributed by atoms with E-state index in [4.69, 9.17) is 15.3 Å². The Morgan fingerprint density at radius 1 is 1.19 bits per heavy atom. The number of carbonyl (C=O) groups is 1. The molecule has 0 unspecified atom stereocenters. The standard InChI is InChI=1S/C20H22N4O2/c1-5-15-12(3)18(7-14(9-21)10-22)24-19(15)8-17-13(4)16(11-23-17)20(25)26-6-2/h7,11,23-24H,5-6,8H2,1-4H3. The Balaban J connectivity index is 2.40. The third-order valence-electron chi connectivity index (χ3n) is 4.49. The zero-order valence-corrected chi connectivity index (χ0v) is 15.5. The van der Waals surface area contributed by atoms with E-state index in [1.165, 1.54) is 0 Å². The highest BCUT2D eigenvalue weighted by Crippen LogP contribution is 2.25. The first-order chi connectivity index (χ1) is 12.5. The SMILES string of the molecule is CCOC(=O)c1c[nH]c(Cc2[nH]c(C=C(C#N)C#N)c(C)c2CC)c1C. The van der Waals surface area contributed by atoms with E-state index in [1.807, 2.05) is 26.0 Å². The Morgan fingerprint density at radius 2 is 1.88 bits per heavy atom. The maximum absolute atomic E-state index is 12.0. The predicted molar refractivity (Wildman–Crippen MR) is 98.4 cm³/mol. The highest BCUT2D eigenvalue weighted by atomic mass is 16.5. The number of rotatable bonds is 6. The number of H-pyrrole nitrogens is 2. The number of hydrogen-bond donors (Lipinski definition) is 2. The third-order valence-corrected chi connectivity index (χ3v) is 4.49. The van der Waals surface area contributed by atoms with Gasteiger partial charge in [0.15, 0.2) is 0 Å². The van der Waals surface area contributed by atoms with Crippen LogP contribution in [-0.4, -0.2) is 22.5 Å². The summed E-state index contributed by atoms with van der Waals surface area (Å²) in [6.45, 7) is 8.05. The van der Waals surface area contributed by atoms with Gasteiger partial charge in [-0.2, -0.15) is 10.5 Å². The fraction of sp³-hybridized carbons (Fsp3) is 0.350. The molecule has 2 aromatic heterocycles. The number of nitrogens with zero attached hydrogens (tertiary/aromatic N) is 2. The van der Waals surface area contributed by atoms with Crippen LogP contribution < -0.4 is 0 Å². The maximum Gasteiger partial charge on any atom is 0.339 e. The van der Waals surface area contributed by atoms with Crippen LogP contribution >= 0.6 is 0 Å². The van der Waals surface area contributed by atoms with Crippen molar-refractivity contribution in [1.29, 1.82) is 10.5 Å². The van der Waals surface area contributed by atoms with Gasteiger partial charge in [0.1, 0.15) is 17.7 Å². The summed E-state index contributed by atoms with van der Waals surface area (Å²) in [5.41, 5.74) is 6.35. The average Bonchev–Trinajstić information content (AvgIpc) is 3.13. The molecular weight excluding hydrogens is 328 g/mol. The summed E-state index contributed by atoms with van der Waals surface area (Å²) in [5, 5.41) is 18.0. The Labute approximate surface area is 153 Å². The zero-order valence-electron chi connectivity index (χ0n) is 15.5. The second kappa shape index (κ2) is 8.22. The molecule has 0 aliphatic heterocycles. The van der Waals surface area contributed by atoms with Crippen LogP contribution in [0, 0.1) is 36.5 Å². The maximum atomic E-state index is 12.0. The lowest BCUT2D eigenvalue weighted by molar-refractivity contribution is 0.0526. The monoisotopic (exact) mass is 350 g/mol. The first-order valence-corrected chi connectivity index (χ1v) is 8.52. The quantitative estimate of drug-likeness (QED) is 0.611. The molecule has 0 aromatic carbocycles. The van der Waals surface area contributed by atoms with Gasteiger partial charge >= 0.3 is 5.97 Å². The van der Waals surface area contributed by atoms with Crippen molar-refractivity contribution >= 4 is 12.0 Å². The van der Waals surface area contributed by atoms with Gasteiger partial charge in [-0.3, -0.25) is 0 Å². The first kappa shape index (κ1) is 19.1. The second-order valence-electron chi connectivity index (χ2n) is 5.96. The first-order valence-electron chi connectivity index (χ1n) is 8.52. The zero-order chi connectivity index (χ0) is 19.3. The summed E-state index contributed by atoms with van der Waals surface area (Å²) in [5.74, 6) is -0.331. The number of allylic oxidation sites excluding steroid dienone is 1. The number of nitriles is 2. The topological polar surface area (TPSA) is 105 Å². The molecule has 2 heterocycles. The number of aromatic amines is 2. The van der Waals surface area contributed by atoms with E-state index < -0.39 is 0 Å². The number of nitrogens with one attached hydrogen (secondary N) is 2. The van der Waals surface area contributed by atoms with Crippen LogP contribution in [0.1, 0.15) is 58.0 Å². The summed E-state index contributed by atoms with van der Waals surface area (Å²) in [4.78, 5) is 18.5. The predicted octanol–water partition coefficient (Wildman–Crippen LogP) is 3.72. The lowest BCUT2D eigenvalue weighted by Gasteiger charge is -2.04. The van der Waals surface area contributed by atoms with Gasteiger partial charge in [0, 0.05) is 29.7 Å². The molecule has 2 aromatic rings. The van der Waals surface area contributed by atoms with E-state index in [2.05, 4.69) is 16.9 Å². The molecule has 0 radical (unpaired) electrons. The van der Waals surface area contributed by atoms with E-state index in [0.29, 0.717) is 18.6 Å². The molecule has 0 aliphatic carbocycles. The molecule has 0 spiro atoms. The van der Waals surface area contributed by atoms with Gasteiger partial charge in [-0.05, 0) is 50.0 Å². The lowest BCUT2D eigenvalue weighted by atomic mass is 10.0. The van der Waals surface area contributed by atoms with Crippen LogP contribution in [0.2, 0.25) is 0 Å². The van der Waals surface area contributed by atoms with Crippen molar-refractivity contribution < 1.29 is 9.53 Å². The minimum atomic E-state index is -0.331. The van der Waals surface area contributed by atoms with E-state index in [9.17, 15) is 4.79 Å². The molecule has 6 nitrogen and oxygen atoms in total. The average molecular weight is 350 g/mol. The van der Waals surface area contributed by atoms with Gasteiger partial charge in [-0.25, -0.2) is 4.79 Å². The van der Waals surface area contributed by atoms with Crippen molar-refractivity contribution in [3.63, 3.8) is 0 Å². The lowest BCUT2D eigenvalue weighted by Crippen LogP contribution is -2.05. The van der Waals surface area contributed by atoms with Gasteiger partial charge < -0.3 is 14.7 Å². The van der Waals surface area contributed by atoms with Crippen LogP contribution in [-0.2, 0) is 17.6 Å². The summed E-state index contributed by atoms with van der Waals surface area (Å²) in [6, 6.07) is 3.77. The van der Waals surface area contributed by atoms with Crippen LogP contribution in [0.5, 0.6) is 0 Å². The van der Waals surface area contributed by atoms with Crippen molar-refractivity contribution in [1.82, 2.24) is 9.97 Å². The molecule has 134 valence electrons. The highest BCUT2D eigenvalue weighted by Gasteiger charge is 2.18. The molecular formula is C20H22N4O2. The summed E-state index contributed by atoms with van der Waals surface area (Å²) < 4.78 is 5.07. The summed E-state index contributed by atoms with van der Waals surface area (Å²) >= 11 is 0. The molecule has 0 atom stereocenters. The van der Waals surface area contributed by atoms with Crippen LogP contribution in [0.3, 0.4) is 0 Å². The van der Waals surface area contributed by atoms with Gasteiger partial charge in [-0.15, -0.1) is 0 Å². The van der Waals surface area contributed by atoms with Gasteiger partial charge in [-0.1, -0.05) is 6.92 Å². The Hall–Kier alpha value is -3.25. The largest absolute Gasteiger partial charge is 0.462 e. The van der Waals surface area contributed by atoms with Crippen molar-refractivity contribution in [2.45, 2.75) is 40.5 Å². The van der Waals surface area contributed by atoms with Crippen LogP contribution in [0.4, 0.5) is 0 Å². The number of hydrogen-bond acceptors (Lipinski definition) is 4. The molecule has 0 saturated heterocycles. The van der Waals surface area contributed by atoms with Crippen LogP contribution in [0.15, 0.2) is 11.8 Å². The second-order valence-corrected chi connectivity index (χ2v) is 5.96. The highest BCUT2D eigenvalue weighted by molar-refractivity contribution is 5.91. The third kappa shape index (κ3) is 3.70. The number of esters is 1. The molecule has 2 N–H and O–H groups in total. The minimum Gasteiger partial charge on any atom is -0.462 e. The molecule has 0 bridgehead atoms. The Morgan fingerprint density at radius 3 is 2.46 bits per heavy atom. The summed E-state index contributed by atoms with van der Waals surface area (Å²) in [7, 11) is 0. The van der Waals surface area contributed by atoms with Crippen molar-refractivity contribution in [3.8, 4) is 12.1 Å². The van der Waals surface area contributed by atoms with Crippen molar-refractivity contribution in [2.75, 3.05) is 6.61 Å². The van der Waals surface area contributed by atoms with E-state index in [0.717, 1.165) is 40.2 Å². The molecule has 26 heavy (non-hydrogen) atoms. The Kier molecular flexibility index (Phi) is 6.03. The fourth-order valence-corrected chi connectivity index (χ4v) is 3.05. The number of ether oxygens (including phenoxy) is 1. The molecule has 2 rings (SSSR count). The molecule has 0 aliphatic rings. The van der Waals surface area contributed by atoms with Crippen LogP contribution in [0.25, 0.3) is 6.08 Å². The van der Waals surface area contributed by atoms with Gasteiger partial charge in [0.05, 0.1) is 12.2 Å². The van der Waals surface area contributed by atoms with Crippen molar-refractivity contribution in [2.24, 2.45) is 0 Å². The fourth-order valence-electron chi connectivity index (χ4n) is 3.05. The molecule has 0 amide bonds. The normalized spacial score (nSPS) is 10.1. The molecule has 0 fully saturated rings. The smallest absolute Gasteiger partial charge is 0.339 e. The summed E-state index contributed by atoms with van der Waals surface area (Å²) in [6.07, 6.45) is 4.67. The van der Waals surface area contributed by atoms with Gasteiger partial charge in [0.25, 0.3) is 0 Å². The van der Waals surface area contributed by atoms with E-state index in [-0.39, 0.29) is 11.5 Å².